The molecule has 2 aromatic rings. The molecule has 108 valence electrons. The molecular formula is C15H16ClF2NO. The second kappa shape index (κ2) is 7.33. The molecule has 3 N–H and O–H groups in total. The minimum absolute atomic E-state index is 0. The first-order valence-electron chi connectivity index (χ1n) is 6.00. The van der Waals surface area contributed by atoms with Gasteiger partial charge in [0.05, 0.1) is 12.1 Å². The van der Waals surface area contributed by atoms with Crippen LogP contribution in [0.4, 0.5) is 8.78 Å². The van der Waals surface area contributed by atoms with E-state index in [1.165, 1.54) is 0 Å². The smallest absolute Gasteiger partial charge is 0.126 e. The largest absolute Gasteiger partial charge is 0.391 e. The van der Waals surface area contributed by atoms with E-state index in [9.17, 15) is 13.9 Å². The average molecular weight is 300 g/mol. The molecule has 0 radical (unpaired) electrons. The maximum absolute atomic E-state index is 13.1. The minimum atomic E-state index is -0.899. The number of halogens is 3. The number of nitrogens with two attached hydrogens (primary N) is 1. The van der Waals surface area contributed by atoms with E-state index in [0.29, 0.717) is 6.42 Å². The summed E-state index contributed by atoms with van der Waals surface area (Å²) in [4.78, 5) is 0. The molecule has 0 bridgehead atoms. The van der Waals surface area contributed by atoms with Crippen LogP contribution >= 0.6 is 12.4 Å². The van der Waals surface area contributed by atoms with Gasteiger partial charge < -0.3 is 10.8 Å². The molecule has 0 aliphatic rings. The molecule has 2 nitrogen and oxygen atoms in total. The number of benzene rings is 2. The zero-order chi connectivity index (χ0) is 13.8. The SMILES string of the molecule is Cl.N[C@@H](c1cc(F)cc(F)c1)[C@H](O)Cc1ccccc1. The predicted octanol–water partition coefficient (Wildman–Crippen LogP) is 2.99. The van der Waals surface area contributed by atoms with E-state index in [1.807, 2.05) is 30.3 Å². The van der Waals surface area contributed by atoms with Crippen molar-refractivity contribution in [2.24, 2.45) is 5.73 Å². The van der Waals surface area contributed by atoms with Gasteiger partial charge in [0.1, 0.15) is 11.6 Å². The fraction of sp³-hybridized carbons (Fsp3) is 0.200. The van der Waals surface area contributed by atoms with E-state index in [0.717, 1.165) is 23.8 Å². The van der Waals surface area contributed by atoms with E-state index in [2.05, 4.69) is 0 Å². The Labute approximate surface area is 122 Å². The van der Waals surface area contributed by atoms with Crippen LogP contribution in [0.15, 0.2) is 48.5 Å². The van der Waals surface area contributed by atoms with Crippen molar-refractivity contribution < 1.29 is 13.9 Å². The van der Waals surface area contributed by atoms with Crippen LogP contribution in [0.25, 0.3) is 0 Å². The van der Waals surface area contributed by atoms with Gasteiger partial charge in [-0.25, -0.2) is 8.78 Å². The number of hydrogen-bond acceptors (Lipinski definition) is 2. The summed E-state index contributed by atoms with van der Waals surface area (Å²) >= 11 is 0. The molecule has 0 unspecified atom stereocenters. The van der Waals surface area contributed by atoms with Crippen molar-refractivity contribution in [1.29, 1.82) is 0 Å². The highest BCUT2D eigenvalue weighted by Crippen LogP contribution is 2.19. The summed E-state index contributed by atoms with van der Waals surface area (Å²) in [5.74, 6) is -1.39. The third-order valence-electron chi connectivity index (χ3n) is 2.97. The Morgan fingerprint density at radius 2 is 1.55 bits per heavy atom. The van der Waals surface area contributed by atoms with Crippen LogP contribution in [0.2, 0.25) is 0 Å². The number of hydrogen-bond donors (Lipinski definition) is 2. The summed E-state index contributed by atoms with van der Waals surface area (Å²) in [7, 11) is 0. The lowest BCUT2D eigenvalue weighted by atomic mass is 9.97. The first-order valence-corrected chi connectivity index (χ1v) is 6.00. The van der Waals surface area contributed by atoms with Crippen molar-refractivity contribution in [2.45, 2.75) is 18.6 Å². The van der Waals surface area contributed by atoms with Gasteiger partial charge in [-0.15, -0.1) is 12.4 Å². The van der Waals surface area contributed by atoms with E-state index in [-0.39, 0.29) is 18.0 Å². The van der Waals surface area contributed by atoms with Crippen molar-refractivity contribution in [3.8, 4) is 0 Å². The maximum atomic E-state index is 13.1. The van der Waals surface area contributed by atoms with Gasteiger partial charge in [0.15, 0.2) is 0 Å². The maximum Gasteiger partial charge on any atom is 0.126 e. The lowest BCUT2D eigenvalue weighted by Crippen LogP contribution is -2.28. The molecule has 0 heterocycles. The normalized spacial score (nSPS) is 13.4. The third-order valence-corrected chi connectivity index (χ3v) is 2.97. The first kappa shape index (κ1) is 16.6. The van der Waals surface area contributed by atoms with E-state index >= 15 is 0 Å². The van der Waals surface area contributed by atoms with Crippen LogP contribution in [0.5, 0.6) is 0 Å². The quantitative estimate of drug-likeness (QED) is 0.911. The van der Waals surface area contributed by atoms with Crippen LogP contribution in [-0.4, -0.2) is 11.2 Å². The lowest BCUT2D eigenvalue weighted by Gasteiger charge is -2.19. The molecule has 0 saturated carbocycles. The topological polar surface area (TPSA) is 46.2 Å². The van der Waals surface area contributed by atoms with E-state index in [1.54, 1.807) is 0 Å². The van der Waals surface area contributed by atoms with Gasteiger partial charge in [0, 0.05) is 12.5 Å². The van der Waals surface area contributed by atoms with Gasteiger partial charge in [0.25, 0.3) is 0 Å². The Balaban J connectivity index is 0.00000200. The summed E-state index contributed by atoms with van der Waals surface area (Å²) < 4.78 is 26.2. The van der Waals surface area contributed by atoms with Gasteiger partial charge in [-0.3, -0.25) is 0 Å². The van der Waals surface area contributed by atoms with Crippen LogP contribution < -0.4 is 5.73 Å². The van der Waals surface area contributed by atoms with Crippen molar-refractivity contribution in [3.05, 3.63) is 71.3 Å². The molecule has 0 fully saturated rings. The standard InChI is InChI=1S/C15H15F2NO.ClH/c16-12-7-11(8-13(17)9-12)15(18)14(19)6-10-4-2-1-3-5-10;/h1-5,7-9,14-15,19H,6,18H2;1H/t14-,15+;/m1./s1. The van der Waals surface area contributed by atoms with Gasteiger partial charge >= 0.3 is 0 Å². The van der Waals surface area contributed by atoms with E-state index < -0.39 is 23.8 Å². The Morgan fingerprint density at radius 3 is 2.10 bits per heavy atom. The molecule has 0 saturated heterocycles. The van der Waals surface area contributed by atoms with Crippen LogP contribution in [-0.2, 0) is 6.42 Å². The molecule has 2 rings (SSSR count). The fourth-order valence-electron chi connectivity index (χ4n) is 1.97. The number of aliphatic hydroxyl groups excluding tert-OH is 1. The zero-order valence-corrected chi connectivity index (χ0v) is 11.5. The Hall–Kier alpha value is -1.49. The van der Waals surface area contributed by atoms with Gasteiger partial charge in [-0.05, 0) is 23.3 Å². The Morgan fingerprint density at radius 1 is 1.00 bits per heavy atom. The molecule has 20 heavy (non-hydrogen) atoms. The second-order valence-electron chi connectivity index (χ2n) is 4.49. The summed E-state index contributed by atoms with van der Waals surface area (Å²) in [6.07, 6.45) is -0.566. The predicted molar refractivity (Wildman–Crippen MR) is 76.7 cm³/mol. The highest BCUT2D eigenvalue weighted by Gasteiger charge is 2.18. The molecule has 2 aromatic carbocycles. The second-order valence-corrected chi connectivity index (χ2v) is 4.49. The zero-order valence-electron chi connectivity index (χ0n) is 10.7. The van der Waals surface area contributed by atoms with Crippen LogP contribution in [0.3, 0.4) is 0 Å². The molecule has 0 aliphatic carbocycles. The van der Waals surface area contributed by atoms with Crippen molar-refractivity contribution in [2.75, 3.05) is 0 Å². The summed E-state index contributed by atoms with van der Waals surface area (Å²) in [5.41, 5.74) is 7.01. The molecule has 2 atom stereocenters. The molecule has 0 spiro atoms. The van der Waals surface area contributed by atoms with Gasteiger partial charge in [-0.2, -0.15) is 0 Å². The monoisotopic (exact) mass is 299 g/mol. The van der Waals surface area contributed by atoms with Gasteiger partial charge in [-0.1, -0.05) is 30.3 Å². The van der Waals surface area contributed by atoms with Crippen LogP contribution in [0, 0.1) is 11.6 Å². The Kier molecular flexibility index (Phi) is 6.07. The summed E-state index contributed by atoms with van der Waals surface area (Å²) in [6, 6.07) is 11.5. The lowest BCUT2D eigenvalue weighted by molar-refractivity contribution is 0.145. The van der Waals surface area contributed by atoms with Crippen molar-refractivity contribution in [3.63, 3.8) is 0 Å². The van der Waals surface area contributed by atoms with Crippen molar-refractivity contribution in [1.82, 2.24) is 0 Å². The minimum Gasteiger partial charge on any atom is -0.391 e. The van der Waals surface area contributed by atoms with Gasteiger partial charge in [0.2, 0.25) is 0 Å². The summed E-state index contributed by atoms with van der Waals surface area (Å²) in [6.45, 7) is 0. The highest BCUT2D eigenvalue weighted by atomic mass is 35.5. The molecule has 5 heteroatoms. The molecular weight excluding hydrogens is 284 g/mol. The third kappa shape index (κ3) is 4.27. The molecule has 0 aliphatic heterocycles. The van der Waals surface area contributed by atoms with E-state index in [4.69, 9.17) is 5.73 Å². The van der Waals surface area contributed by atoms with Crippen molar-refractivity contribution >= 4 is 12.4 Å². The summed E-state index contributed by atoms with van der Waals surface area (Å²) in [5, 5.41) is 10.0. The number of rotatable bonds is 4. The molecule has 0 aromatic heterocycles. The first-order chi connectivity index (χ1) is 9.06. The van der Waals surface area contributed by atoms with Crippen LogP contribution in [0.1, 0.15) is 17.2 Å². The number of aliphatic hydroxyl groups is 1. The fourth-order valence-corrected chi connectivity index (χ4v) is 1.97. The highest BCUT2D eigenvalue weighted by molar-refractivity contribution is 5.85. The average Bonchev–Trinajstić information content (AvgIpc) is 2.37. The Bertz CT molecular complexity index is 531. The molecule has 0 amide bonds.